The summed E-state index contributed by atoms with van der Waals surface area (Å²) >= 11 is 18.5. The number of rotatable bonds is 6. The molecule has 0 atom stereocenters. The lowest BCUT2D eigenvalue weighted by molar-refractivity contribution is -0.145. The van der Waals surface area contributed by atoms with Crippen LogP contribution in [0.25, 0.3) is 28.6 Å². The molecule has 8 nitrogen and oxygen atoms in total. The molecular weight excluding hydrogens is 524 g/mol. The molecule has 14 heteroatoms. The zero-order valence-corrected chi connectivity index (χ0v) is 19.3. The van der Waals surface area contributed by atoms with E-state index in [0.29, 0.717) is 0 Å². The summed E-state index contributed by atoms with van der Waals surface area (Å²) in [6.07, 6.45) is -2.46. The average molecular weight is 536 g/mol. The van der Waals surface area contributed by atoms with Crippen molar-refractivity contribution in [2.24, 2.45) is 0 Å². The van der Waals surface area contributed by atoms with Gasteiger partial charge in [0.15, 0.2) is 12.3 Å². The van der Waals surface area contributed by atoms with Gasteiger partial charge in [-0.05, 0) is 19.1 Å². The van der Waals surface area contributed by atoms with E-state index < -0.39 is 17.7 Å². The lowest BCUT2D eigenvalue weighted by Gasteiger charge is -2.09. The van der Waals surface area contributed by atoms with Crippen LogP contribution in [0.15, 0.2) is 35.1 Å². The predicted octanol–water partition coefficient (Wildman–Crippen LogP) is 5.97. The van der Waals surface area contributed by atoms with Crippen molar-refractivity contribution in [3.8, 4) is 28.7 Å². The fourth-order valence-electron chi connectivity index (χ4n) is 2.90. The van der Waals surface area contributed by atoms with Gasteiger partial charge in [-0.15, -0.1) is 0 Å². The zero-order valence-electron chi connectivity index (χ0n) is 17.0. The van der Waals surface area contributed by atoms with Crippen LogP contribution in [0.4, 0.5) is 13.2 Å². The molecule has 34 heavy (non-hydrogen) atoms. The maximum absolute atomic E-state index is 13.0. The van der Waals surface area contributed by atoms with E-state index in [1.807, 2.05) is 0 Å². The van der Waals surface area contributed by atoms with Crippen LogP contribution in [0.2, 0.25) is 15.1 Å². The molecule has 4 rings (SSSR count). The molecule has 0 unspecified atom stereocenters. The highest BCUT2D eigenvalue weighted by molar-refractivity contribution is 6.36. The van der Waals surface area contributed by atoms with E-state index in [9.17, 15) is 18.0 Å². The molecule has 0 aliphatic carbocycles. The lowest BCUT2D eigenvalue weighted by atomic mass is 10.2. The third-order valence-electron chi connectivity index (χ3n) is 4.39. The number of benzene rings is 1. The van der Waals surface area contributed by atoms with Crippen molar-refractivity contribution in [2.45, 2.75) is 13.1 Å². The molecule has 0 aliphatic rings. The Labute approximate surface area is 204 Å². The first-order valence-corrected chi connectivity index (χ1v) is 10.6. The summed E-state index contributed by atoms with van der Waals surface area (Å²) in [6, 6.07) is 3.56. The van der Waals surface area contributed by atoms with Gasteiger partial charge in [0, 0.05) is 24.0 Å². The molecule has 0 aliphatic heterocycles. The van der Waals surface area contributed by atoms with Crippen LogP contribution in [-0.4, -0.2) is 38.7 Å². The number of carbonyl (C=O) groups is 1. The number of halogens is 6. The molecule has 0 saturated heterocycles. The fraction of sp³-hybridized carbons (Fsp3) is 0.200. The van der Waals surface area contributed by atoms with Crippen molar-refractivity contribution in [3.63, 3.8) is 0 Å². The van der Waals surface area contributed by atoms with Crippen molar-refractivity contribution < 1.29 is 32.0 Å². The van der Waals surface area contributed by atoms with Gasteiger partial charge in [0.2, 0.25) is 5.82 Å². The predicted molar refractivity (Wildman–Crippen MR) is 116 cm³/mol. The van der Waals surface area contributed by atoms with Gasteiger partial charge in [-0.1, -0.05) is 40.0 Å². The molecule has 0 amide bonds. The van der Waals surface area contributed by atoms with Crippen LogP contribution < -0.4 is 4.74 Å². The van der Waals surface area contributed by atoms with Gasteiger partial charge in [-0.2, -0.15) is 18.2 Å². The minimum Gasteiger partial charge on any atom is -0.480 e. The number of pyridine rings is 1. The van der Waals surface area contributed by atoms with Crippen LogP contribution in [0, 0.1) is 0 Å². The Balaban J connectivity index is 1.62. The summed E-state index contributed by atoms with van der Waals surface area (Å²) in [5.41, 5.74) is -0.483. The Morgan fingerprint density at radius 2 is 1.85 bits per heavy atom. The summed E-state index contributed by atoms with van der Waals surface area (Å²) in [7, 11) is 0. The first-order valence-electron chi connectivity index (χ1n) is 9.44. The molecule has 0 saturated carbocycles. The highest BCUT2D eigenvalue weighted by Crippen LogP contribution is 2.37. The van der Waals surface area contributed by atoms with Gasteiger partial charge < -0.3 is 18.4 Å². The number of esters is 1. The van der Waals surface area contributed by atoms with Crippen molar-refractivity contribution in [1.29, 1.82) is 0 Å². The molecule has 3 aromatic heterocycles. The minimum absolute atomic E-state index is 0.0398. The van der Waals surface area contributed by atoms with Gasteiger partial charge in [-0.3, -0.25) is 0 Å². The summed E-state index contributed by atoms with van der Waals surface area (Å²) < 4.78 is 55.6. The number of imidazole rings is 1. The Morgan fingerprint density at radius 1 is 1.09 bits per heavy atom. The number of hydrogen-bond acceptors (Lipinski definition) is 7. The Hall–Kier alpha value is -3.02. The second kappa shape index (κ2) is 9.32. The minimum atomic E-state index is -4.58. The van der Waals surface area contributed by atoms with Crippen molar-refractivity contribution in [2.75, 3.05) is 13.2 Å². The highest BCUT2D eigenvalue weighted by atomic mass is 35.5. The van der Waals surface area contributed by atoms with Gasteiger partial charge in [-0.25, -0.2) is 9.78 Å². The molecule has 0 fully saturated rings. The number of carbonyl (C=O) groups excluding carboxylic acids is 1. The number of nitrogens with zero attached hydrogens (tertiary/aromatic N) is 4. The van der Waals surface area contributed by atoms with Crippen LogP contribution >= 0.6 is 34.8 Å². The number of hydrogen-bond donors (Lipinski definition) is 0. The van der Waals surface area contributed by atoms with Gasteiger partial charge in [0.1, 0.15) is 11.4 Å². The van der Waals surface area contributed by atoms with Crippen molar-refractivity contribution in [3.05, 3.63) is 51.2 Å². The lowest BCUT2D eigenvalue weighted by Crippen LogP contribution is -2.14. The summed E-state index contributed by atoms with van der Waals surface area (Å²) in [6.45, 7) is 1.51. The van der Waals surface area contributed by atoms with E-state index in [-0.39, 0.29) is 62.7 Å². The summed E-state index contributed by atoms with van der Waals surface area (Å²) in [5.74, 6) is -0.477. The normalized spacial score (nSPS) is 11.7. The molecule has 0 radical (unpaired) electrons. The van der Waals surface area contributed by atoms with Crippen LogP contribution in [0.5, 0.6) is 5.75 Å². The molecule has 3 heterocycles. The molecule has 0 bridgehead atoms. The van der Waals surface area contributed by atoms with Crippen LogP contribution in [0.1, 0.15) is 12.5 Å². The third kappa shape index (κ3) is 4.91. The molecule has 0 spiro atoms. The quantitative estimate of drug-likeness (QED) is 0.281. The fourth-order valence-corrected chi connectivity index (χ4v) is 3.62. The van der Waals surface area contributed by atoms with E-state index in [1.54, 1.807) is 6.92 Å². The number of ether oxygens (including phenoxy) is 2. The first-order chi connectivity index (χ1) is 16.1. The standard InChI is InChI=1S/C20H12Cl3F3N4O4/c1-2-32-16(31)8-33-15-5-11(21)10(4-12(15)22)17-28-19(34-29-17)14-7-30-6-9(20(24,25)26)3-13(23)18(30)27-14/h3-7H,2,8H2,1H3. The van der Waals surface area contributed by atoms with Gasteiger partial charge in [0.05, 0.1) is 27.2 Å². The van der Waals surface area contributed by atoms with Gasteiger partial charge >= 0.3 is 12.1 Å². The van der Waals surface area contributed by atoms with Crippen LogP contribution in [0.3, 0.4) is 0 Å². The number of fused-ring (bicyclic) bond motifs is 1. The van der Waals surface area contributed by atoms with E-state index in [4.69, 9.17) is 48.8 Å². The largest absolute Gasteiger partial charge is 0.480 e. The molecule has 0 N–H and O–H groups in total. The van der Waals surface area contributed by atoms with Crippen molar-refractivity contribution >= 4 is 46.4 Å². The van der Waals surface area contributed by atoms with E-state index in [1.165, 1.54) is 18.3 Å². The third-order valence-corrected chi connectivity index (χ3v) is 5.28. The monoisotopic (exact) mass is 534 g/mol. The van der Waals surface area contributed by atoms with Crippen LogP contribution in [-0.2, 0) is 15.7 Å². The topological polar surface area (TPSA) is 91.8 Å². The van der Waals surface area contributed by atoms with E-state index >= 15 is 0 Å². The van der Waals surface area contributed by atoms with E-state index in [0.717, 1.165) is 16.7 Å². The summed E-state index contributed by atoms with van der Waals surface area (Å²) in [5, 5.41) is 3.90. The van der Waals surface area contributed by atoms with Crippen molar-refractivity contribution in [1.82, 2.24) is 19.5 Å². The Morgan fingerprint density at radius 3 is 2.56 bits per heavy atom. The molecule has 1 aromatic carbocycles. The molecule has 4 aromatic rings. The average Bonchev–Trinajstić information content (AvgIpc) is 3.41. The molecule has 178 valence electrons. The zero-order chi connectivity index (χ0) is 24.6. The van der Waals surface area contributed by atoms with Gasteiger partial charge in [0.25, 0.3) is 5.89 Å². The Kier molecular flexibility index (Phi) is 6.61. The molecular formula is C20H12Cl3F3N4O4. The number of alkyl halides is 3. The second-order valence-corrected chi connectivity index (χ2v) is 7.93. The summed E-state index contributed by atoms with van der Waals surface area (Å²) in [4.78, 5) is 19.8. The highest BCUT2D eigenvalue weighted by Gasteiger charge is 2.32. The maximum Gasteiger partial charge on any atom is 0.417 e. The first kappa shape index (κ1) is 24.1. The van der Waals surface area contributed by atoms with E-state index in [2.05, 4.69) is 15.1 Å². The second-order valence-electron chi connectivity index (χ2n) is 6.71. The smallest absolute Gasteiger partial charge is 0.417 e. The Bertz CT molecular complexity index is 1390. The SMILES string of the molecule is CCOC(=O)COc1cc(Cl)c(-c2noc(-c3cn4cc(C(F)(F)F)cc(Cl)c4n3)n2)cc1Cl. The maximum atomic E-state index is 13.0. The number of aromatic nitrogens is 4.